The van der Waals surface area contributed by atoms with Crippen LogP contribution in [-0.2, 0) is 24.8 Å². The lowest BCUT2D eigenvalue weighted by Gasteiger charge is -2.31. The number of β-amino-alcohol motifs (C(OH)–C–C–N with tert-alkyl or cyclic N) is 1. The molecule has 4 heterocycles. The highest BCUT2D eigenvalue weighted by molar-refractivity contribution is 5.73. The number of rotatable bonds is 4. The third kappa shape index (κ3) is 6.66. The number of fused-ring (bicyclic) bond motifs is 1. The van der Waals surface area contributed by atoms with E-state index >= 15 is 0 Å². The van der Waals surface area contributed by atoms with Crippen molar-refractivity contribution in [3.05, 3.63) is 40.1 Å². The van der Waals surface area contributed by atoms with Crippen LogP contribution in [0.1, 0.15) is 17.7 Å². The number of hydrogen-bond donors (Lipinski definition) is 2. The Hall–Kier alpha value is -3.26. The predicted molar refractivity (Wildman–Crippen MR) is 120 cm³/mol. The van der Waals surface area contributed by atoms with Gasteiger partial charge in [0.25, 0.3) is 5.56 Å². The number of aliphatic carboxylic acids is 1. The maximum absolute atomic E-state index is 11.9. The summed E-state index contributed by atoms with van der Waals surface area (Å²) in [5.41, 5.74) is 1.83. The molecular weight excluding hydrogens is 471 g/mol. The number of carbonyl (C=O) groups is 1. The molecule has 11 nitrogen and oxygen atoms in total. The lowest BCUT2D eigenvalue weighted by molar-refractivity contribution is -0.192. The Balaban J connectivity index is 0.000000429. The number of likely N-dealkylation sites (N-methyl/N-ethyl adjacent to an activating group) is 1. The Morgan fingerprint density at radius 1 is 1.23 bits per heavy atom. The van der Waals surface area contributed by atoms with Crippen molar-refractivity contribution < 1.29 is 28.2 Å². The summed E-state index contributed by atoms with van der Waals surface area (Å²) in [5.74, 6) is -1.09. The van der Waals surface area contributed by atoms with E-state index in [-0.39, 0.29) is 17.7 Å². The van der Waals surface area contributed by atoms with E-state index in [1.54, 1.807) is 19.4 Å². The zero-order valence-electron chi connectivity index (χ0n) is 19.6. The number of alkyl halides is 3. The molecule has 0 radical (unpaired) electrons. The molecule has 2 aliphatic rings. The molecule has 14 heteroatoms. The number of anilines is 2. The molecule has 35 heavy (non-hydrogen) atoms. The Kier molecular flexibility index (Phi) is 7.95. The third-order valence-electron chi connectivity index (χ3n) is 5.71. The maximum Gasteiger partial charge on any atom is 0.490 e. The van der Waals surface area contributed by atoms with Crippen molar-refractivity contribution in [2.45, 2.75) is 37.7 Å². The second kappa shape index (κ2) is 10.6. The van der Waals surface area contributed by atoms with Gasteiger partial charge in [-0.15, -0.1) is 0 Å². The molecule has 0 unspecified atom stereocenters. The van der Waals surface area contributed by atoms with Gasteiger partial charge in [0, 0.05) is 63.4 Å². The zero-order chi connectivity index (χ0) is 25.9. The van der Waals surface area contributed by atoms with E-state index in [0.717, 1.165) is 48.8 Å². The van der Waals surface area contributed by atoms with Crippen LogP contribution in [0.2, 0.25) is 0 Å². The molecule has 2 aliphatic heterocycles. The third-order valence-corrected chi connectivity index (χ3v) is 5.71. The minimum atomic E-state index is -5.08. The molecule has 0 saturated carbocycles. The number of aliphatic hydroxyl groups excluding tert-OH is 1. The first-order valence-electron chi connectivity index (χ1n) is 10.9. The van der Waals surface area contributed by atoms with Crippen LogP contribution in [0.4, 0.5) is 24.8 Å². The maximum atomic E-state index is 11.9. The number of nitrogens with zero attached hydrogens (tertiary/aromatic N) is 7. The molecule has 2 N–H and O–H groups in total. The van der Waals surface area contributed by atoms with Gasteiger partial charge >= 0.3 is 12.1 Å². The lowest BCUT2D eigenvalue weighted by atomic mass is 10.1. The fourth-order valence-corrected chi connectivity index (χ4v) is 4.12. The first-order chi connectivity index (χ1) is 16.3. The summed E-state index contributed by atoms with van der Waals surface area (Å²) in [4.78, 5) is 36.2. The molecule has 1 fully saturated rings. The van der Waals surface area contributed by atoms with Crippen LogP contribution in [0.3, 0.4) is 0 Å². The van der Waals surface area contributed by atoms with E-state index in [2.05, 4.69) is 29.8 Å². The Morgan fingerprint density at radius 3 is 2.51 bits per heavy atom. The van der Waals surface area contributed by atoms with Crippen LogP contribution >= 0.6 is 0 Å². The normalized spacial score (nSPS) is 19.9. The van der Waals surface area contributed by atoms with Gasteiger partial charge in [-0.1, -0.05) is 0 Å². The molecule has 0 bridgehead atoms. The van der Waals surface area contributed by atoms with E-state index in [9.17, 15) is 23.1 Å². The van der Waals surface area contributed by atoms with Crippen molar-refractivity contribution in [3.63, 3.8) is 0 Å². The summed E-state index contributed by atoms with van der Waals surface area (Å²) in [6.45, 7) is 2.84. The molecule has 0 amide bonds. The Morgan fingerprint density at radius 2 is 1.89 bits per heavy atom. The largest absolute Gasteiger partial charge is 0.490 e. The standard InChI is InChI=1S/C19H27N7O2.C2HF3O2/c1-23(2)10-14-7-15(27)11-26(14)18-8-17(20-12-21-18)25-5-4-16-13(9-25)6-19(28)24(3)22-16;3-2(4,5)1(6)7/h6,8,12,14-15,27H,4-5,7,9-11H2,1-3H3;(H,6,7)/t14-,15-;/m1./s1. The summed E-state index contributed by atoms with van der Waals surface area (Å²) < 4.78 is 33.1. The minimum absolute atomic E-state index is 0.0958. The average Bonchev–Trinajstić information content (AvgIpc) is 3.13. The highest BCUT2D eigenvalue weighted by Gasteiger charge is 2.38. The first kappa shape index (κ1) is 26.3. The van der Waals surface area contributed by atoms with Crippen molar-refractivity contribution in [2.24, 2.45) is 7.05 Å². The summed E-state index contributed by atoms with van der Waals surface area (Å²) in [7, 11) is 5.76. The highest BCUT2D eigenvalue weighted by Crippen LogP contribution is 2.28. The van der Waals surface area contributed by atoms with Crippen LogP contribution in [0.5, 0.6) is 0 Å². The van der Waals surface area contributed by atoms with Gasteiger partial charge in [0.1, 0.15) is 18.0 Å². The second-order valence-electron chi connectivity index (χ2n) is 8.74. The molecule has 1 saturated heterocycles. The van der Waals surface area contributed by atoms with Crippen molar-refractivity contribution in [3.8, 4) is 0 Å². The minimum Gasteiger partial charge on any atom is -0.475 e. The van der Waals surface area contributed by atoms with Crippen molar-refractivity contribution in [1.82, 2.24) is 24.6 Å². The second-order valence-corrected chi connectivity index (χ2v) is 8.74. The number of aryl methyl sites for hydroxylation is 1. The van der Waals surface area contributed by atoms with Crippen LogP contribution in [0, 0.1) is 0 Å². The van der Waals surface area contributed by atoms with E-state index in [1.165, 1.54) is 4.68 Å². The predicted octanol–water partition coefficient (Wildman–Crippen LogP) is 0.268. The molecular formula is C21H28F3N7O4. The van der Waals surface area contributed by atoms with Gasteiger partial charge in [-0.3, -0.25) is 4.79 Å². The fourth-order valence-electron chi connectivity index (χ4n) is 4.12. The number of halogens is 3. The smallest absolute Gasteiger partial charge is 0.475 e. The van der Waals surface area contributed by atoms with Crippen LogP contribution in [0.25, 0.3) is 0 Å². The summed E-state index contributed by atoms with van der Waals surface area (Å²) >= 11 is 0. The average molecular weight is 499 g/mol. The quantitative estimate of drug-likeness (QED) is 0.605. The van der Waals surface area contributed by atoms with Gasteiger partial charge in [-0.25, -0.2) is 19.4 Å². The van der Waals surface area contributed by atoms with Gasteiger partial charge in [0.05, 0.1) is 11.8 Å². The summed E-state index contributed by atoms with van der Waals surface area (Å²) in [6.07, 6.45) is -2.33. The molecule has 0 spiro atoms. The van der Waals surface area contributed by atoms with Gasteiger partial charge in [-0.05, 0) is 20.5 Å². The summed E-state index contributed by atoms with van der Waals surface area (Å²) in [5, 5.41) is 21.7. The van der Waals surface area contributed by atoms with Crippen LogP contribution in [0.15, 0.2) is 23.3 Å². The number of carboxylic acid groups (broad SMARTS) is 1. The van der Waals surface area contributed by atoms with Gasteiger partial charge < -0.3 is 24.9 Å². The summed E-state index contributed by atoms with van der Waals surface area (Å²) in [6, 6.07) is 3.88. The highest BCUT2D eigenvalue weighted by atomic mass is 19.4. The number of carboxylic acids is 1. The zero-order valence-corrected chi connectivity index (χ0v) is 19.6. The van der Waals surface area contributed by atoms with Crippen LogP contribution in [-0.4, -0.2) is 92.9 Å². The topological polar surface area (TPSA) is 128 Å². The Labute approximate surface area is 199 Å². The monoisotopic (exact) mass is 499 g/mol. The number of aliphatic hydroxyl groups is 1. The van der Waals surface area contributed by atoms with E-state index in [4.69, 9.17) is 9.90 Å². The number of hydrogen-bond acceptors (Lipinski definition) is 9. The SMILES string of the molecule is CN(C)C[C@H]1C[C@@H](O)CN1c1cc(N2CCc3nn(C)c(=O)cc3C2)ncn1.O=C(O)C(F)(F)F. The van der Waals surface area contributed by atoms with E-state index < -0.39 is 12.1 Å². The van der Waals surface area contributed by atoms with E-state index in [0.29, 0.717) is 13.1 Å². The van der Waals surface area contributed by atoms with E-state index in [1.807, 2.05) is 20.2 Å². The fraction of sp³-hybridized carbons (Fsp3) is 0.571. The van der Waals surface area contributed by atoms with Crippen LogP contribution < -0.4 is 15.4 Å². The number of aromatic nitrogens is 4. The van der Waals surface area contributed by atoms with Crippen molar-refractivity contribution in [2.75, 3.05) is 43.5 Å². The molecule has 2 aromatic heterocycles. The molecule has 0 aromatic carbocycles. The van der Waals surface area contributed by atoms with Gasteiger partial charge in [-0.2, -0.15) is 18.3 Å². The molecule has 2 aromatic rings. The molecule has 192 valence electrons. The Bertz CT molecular complexity index is 1110. The van der Waals surface area contributed by atoms with Gasteiger partial charge in [0.2, 0.25) is 0 Å². The van der Waals surface area contributed by atoms with Gasteiger partial charge in [0.15, 0.2) is 0 Å². The van der Waals surface area contributed by atoms with Crippen molar-refractivity contribution >= 4 is 17.6 Å². The first-order valence-corrected chi connectivity index (χ1v) is 10.9. The molecule has 0 aliphatic carbocycles. The van der Waals surface area contributed by atoms with Crippen molar-refractivity contribution in [1.29, 1.82) is 0 Å². The molecule has 4 rings (SSSR count). The lowest BCUT2D eigenvalue weighted by Crippen LogP contribution is -2.38. The molecule has 2 atom stereocenters.